The van der Waals surface area contributed by atoms with Crippen molar-refractivity contribution in [2.45, 2.75) is 32.2 Å². The number of methoxy groups -OCH3 is 1. The molecule has 1 unspecified atom stereocenters. The number of benzene rings is 1. The SMILES string of the molecule is COc1ccc(Cn2c(C)cn3c(C4(C)CCNC4)ncc3c2=O)cc1. The zero-order valence-electron chi connectivity index (χ0n) is 15.5. The standard InChI is InChI=1S/C20H24N4O2/c1-14-11-24-17(10-22-19(24)20(2)8-9-21-13-20)18(25)23(14)12-15-4-6-16(26-3)7-5-15/h4-7,10-11,21H,8-9,12-13H2,1-3H3. The smallest absolute Gasteiger partial charge is 0.276 e. The van der Waals surface area contributed by atoms with Gasteiger partial charge >= 0.3 is 0 Å². The molecule has 136 valence electrons. The van der Waals surface area contributed by atoms with Gasteiger partial charge in [0.1, 0.15) is 17.1 Å². The van der Waals surface area contributed by atoms with Gasteiger partial charge in [0, 0.05) is 23.9 Å². The number of fused-ring (bicyclic) bond motifs is 1. The maximum Gasteiger partial charge on any atom is 0.276 e. The molecular weight excluding hydrogens is 328 g/mol. The van der Waals surface area contributed by atoms with Gasteiger partial charge in [-0.3, -0.25) is 9.20 Å². The third kappa shape index (κ3) is 2.70. The number of ether oxygens (including phenoxy) is 1. The molecule has 0 spiro atoms. The second-order valence-electron chi connectivity index (χ2n) is 7.33. The Balaban J connectivity index is 1.76. The first kappa shape index (κ1) is 16.8. The van der Waals surface area contributed by atoms with Gasteiger partial charge in [0.05, 0.1) is 19.9 Å². The predicted octanol–water partition coefficient (Wildman–Crippen LogP) is 2.11. The molecule has 6 heteroatoms. The van der Waals surface area contributed by atoms with Crippen LogP contribution in [0.5, 0.6) is 5.75 Å². The normalized spacial score (nSPS) is 20.0. The number of nitrogens with one attached hydrogen (secondary N) is 1. The van der Waals surface area contributed by atoms with E-state index in [4.69, 9.17) is 4.74 Å². The van der Waals surface area contributed by atoms with Gasteiger partial charge in [-0.25, -0.2) is 4.98 Å². The fourth-order valence-corrected chi connectivity index (χ4v) is 3.77. The van der Waals surface area contributed by atoms with Gasteiger partial charge in [-0.15, -0.1) is 0 Å². The average Bonchev–Trinajstić information content (AvgIpc) is 3.26. The van der Waals surface area contributed by atoms with Gasteiger partial charge < -0.3 is 14.6 Å². The highest BCUT2D eigenvalue weighted by Crippen LogP contribution is 2.29. The molecular formula is C20H24N4O2. The molecule has 4 rings (SSSR count). The lowest BCUT2D eigenvalue weighted by molar-refractivity contribution is 0.414. The molecule has 3 heterocycles. The number of aromatic nitrogens is 3. The molecule has 1 atom stereocenters. The third-order valence-corrected chi connectivity index (χ3v) is 5.41. The highest BCUT2D eigenvalue weighted by molar-refractivity contribution is 5.46. The lowest BCUT2D eigenvalue weighted by atomic mass is 9.89. The van der Waals surface area contributed by atoms with Crippen LogP contribution >= 0.6 is 0 Å². The van der Waals surface area contributed by atoms with Crippen molar-refractivity contribution in [1.82, 2.24) is 19.3 Å². The summed E-state index contributed by atoms with van der Waals surface area (Å²) in [6, 6.07) is 7.81. The monoisotopic (exact) mass is 352 g/mol. The van der Waals surface area contributed by atoms with Gasteiger partial charge in [-0.1, -0.05) is 19.1 Å². The van der Waals surface area contributed by atoms with Crippen LogP contribution in [-0.2, 0) is 12.0 Å². The van der Waals surface area contributed by atoms with Crippen molar-refractivity contribution in [2.75, 3.05) is 20.2 Å². The Hall–Kier alpha value is -2.60. The fourth-order valence-electron chi connectivity index (χ4n) is 3.77. The quantitative estimate of drug-likeness (QED) is 0.781. The number of nitrogens with zero attached hydrogens (tertiary/aromatic N) is 3. The molecule has 1 fully saturated rings. The zero-order chi connectivity index (χ0) is 18.3. The van der Waals surface area contributed by atoms with Crippen molar-refractivity contribution in [1.29, 1.82) is 0 Å². The summed E-state index contributed by atoms with van der Waals surface area (Å²) in [7, 11) is 1.65. The topological polar surface area (TPSA) is 60.6 Å². The molecule has 26 heavy (non-hydrogen) atoms. The van der Waals surface area contributed by atoms with E-state index in [-0.39, 0.29) is 11.0 Å². The molecule has 2 aromatic heterocycles. The highest BCUT2D eigenvalue weighted by Gasteiger charge is 2.34. The maximum absolute atomic E-state index is 13.1. The number of hydrogen-bond acceptors (Lipinski definition) is 4. The summed E-state index contributed by atoms with van der Waals surface area (Å²) in [5.74, 6) is 1.78. The predicted molar refractivity (Wildman–Crippen MR) is 101 cm³/mol. The molecule has 1 aliphatic rings. The molecule has 1 saturated heterocycles. The van der Waals surface area contributed by atoms with E-state index in [1.165, 1.54) is 0 Å². The molecule has 1 aromatic carbocycles. The van der Waals surface area contributed by atoms with Gasteiger partial charge in [0.2, 0.25) is 0 Å². The van der Waals surface area contributed by atoms with Gasteiger partial charge in [0.15, 0.2) is 0 Å². The summed E-state index contributed by atoms with van der Waals surface area (Å²) < 4.78 is 8.98. The Morgan fingerprint density at radius 3 is 2.73 bits per heavy atom. The van der Waals surface area contributed by atoms with E-state index in [9.17, 15) is 4.79 Å². The second kappa shape index (κ2) is 6.29. The molecule has 0 saturated carbocycles. The lowest BCUT2D eigenvalue weighted by Crippen LogP contribution is -2.30. The van der Waals surface area contributed by atoms with Crippen molar-refractivity contribution in [3.8, 4) is 5.75 Å². The minimum Gasteiger partial charge on any atom is -0.497 e. The first-order valence-electron chi connectivity index (χ1n) is 8.93. The van der Waals surface area contributed by atoms with Crippen LogP contribution in [0.15, 0.2) is 41.5 Å². The van der Waals surface area contributed by atoms with Crippen LogP contribution in [0.4, 0.5) is 0 Å². The van der Waals surface area contributed by atoms with E-state index in [0.29, 0.717) is 12.1 Å². The van der Waals surface area contributed by atoms with E-state index in [1.807, 2.05) is 41.8 Å². The van der Waals surface area contributed by atoms with Crippen LogP contribution in [0.3, 0.4) is 0 Å². The van der Waals surface area contributed by atoms with Crippen molar-refractivity contribution < 1.29 is 4.74 Å². The molecule has 6 nitrogen and oxygen atoms in total. The van der Waals surface area contributed by atoms with Crippen molar-refractivity contribution in [2.24, 2.45) is 0 Å². The largest absolute Gasteiger partial charge is 0.497 e. The highest BCUT2D eigenvalue weighted by atomic mass is 16.5. The Morgan fingerprint density at radius 1 is 1.31 bits per heavy atom. The van der Waals surface area contributed by atoms with Crippen LogP contribution in [0.2, 0.25) is 0 Å². The number of imidazole rings is 1. The molecule has 0 radical (unpaired) electrons. The molecule has 3 aromatic rings. The second-order valence-corrected chi connectivity index (χ2v) is 7.33. The molecule has 0 amide bonds. The lowest BCUT2D eigenvalue weighted by Gasteiger charge is -2.21. The Kier molecular flexibility index (Phi) is 4.07. The Labute approximate surface area is 152 Å². The fraction of sp³-hybridized carbons (Fsp3) is 0.400. The molecule has 1 aliphatic heterocycles. The van der Waals surface area contributed by atoms with E-state index >= 15 is 0 Å². The van der Waals surface area contributed by atoms with Crippen molar-refractivity contribution in [3.05, 3.63) is 64.1 Å². The average molecular weight is 352 g/mol. The van der Waals surface area contributed by atoms with E-state index < -0.39 is 0 Å². The summed E-state index contributed by atoms with van der Waals surface area (Å²) in [4.78, 5) is 17.7. The molecule has 0 bridgehead atoms. The summed E-state index contributed by atoms with van der Waals surface area (Å²) >= 11 is 0. The number of hydrogen-bond donors (Lipinski definition) is 1. The van der Waals surface area contributed by atoms with Crippen molar-refractivity contribution >= 4 is 5.52 Å². The van der Waals surface area contributed by atoms with Crippen molar-refractivity contribution in [3.63, 3.8) is 0 Å². The number of aryl methyl sites for hydroxylation is 1. The molecule has 1 N–H and O–H groups in total. The van der Waals surface area contributed by atoms with Gasteiger partial charge in [0.25, 0.3) is 5.56 Å². The van der Waals surface area contributed by atoms with Crippen LogP contribution in [-0.4, -0.2) is 34.2 Å². The summed E-state index contributed by atoms with van der Waals surface area (Å²) in [5, 5.41) is 3.40. The first-order valence-corrected chi connectivity index (χ1v) is 8.93. The van der Waals surface area contributed by atoms with E-state index in [2.05, 4.69) is 17.2 Å². The summed E-state index contributed by atoms with van der Waals surface area (Å²) in [5.41, 5.74) is 2.58. The minimum atomic E-state index is -0.0343. The van der Waals surface area contributed by atoms with E-state index in [0.717, 1.165) is 42.3 Å². The van der Waals surface area contributed by atoms with Crippen LogP contribution < -0.4 is 15.6 Å². The first-order chi connectivity index (χ1) is 12.5. The summed E-state index contributed by atoms with van der Waals surface area (Å²) in [6.45, 7) is 6.59. The van der Waals surface area contributed by atoms with Crippen LogP contribution in [0.25, 0.3) is 5.52 Å². The van der Waals surface area contributed by atoms with Crippen LogP contribution in [0.1, 0.15) is 30.4 Å². The Morgan fingerprint density at radius 2 is 2.08 bits per heavy atom. The van der Waals surface area contributed by atoms with E-state index in [1.54, 1.807) is 17.9 Å². The Bertz CT molecular complexity index is 995. The van der Waals surface area contributed by atoms with Crippen LogP contribution in [0, 0.1) is 6.92 Å². The van der Waals surface area contributed by atoms with Gasteiger partial charge in [-0.2, -0.15) is 0 Å². The van der Waals surface area contributed by atoms with Gasteiger partial charge in [-0.05, 0) is 37.6 Å². The summed E-state index contributed by atoms with van der Waals surface area (Å²) in [6.07, 6.45) is 4.78. The zero-order valence-corrected chi connectivity index (χ0v) is 15.5. The number of rotatable bonds is 4. The third-order valence-electron chi connectivity index (χ3n) is 5.41. The molecule has 0 aliphatic carbocycles. The maximum atomic E-state index is 13.1. The minimum absolute atomic E-state index is 0.00544.